The summed E-state index contributed by atoms with van der Waals surface area (Å²) in [6.45, 7) is 2.06. The van der Waals surface area contributed by atoms with Crippen LogP contribution in [0.25, 0.3) is 0 Å². The average Bonchev–Trinajstić information content (AvgIpc) is 2.65. The molecule has 0 atom stereocenters. The van der Waals surface area contributed by atoms with Gasteiger partial charge in [0.1, 0.15) is 5.75 Å². The summed E-state index contributed by atoms with van der Waals surface area (Å²) in [4.78, 5) is 12.4. The fourth-order valence-electron chi connectivity index (χ4n) is 2.47. The molecule has 0 aliphatic carbocycles. The summed E-state index contributed by atoms with van der Waals surface area (Å²) in [5, 5.41) is 6.21. The van der Waals surface area contributed by atoms with Gasteiger partial charge in [0.25, 0.3) is 5.91 Å². The second-order valence-corrected chi connectivity index (χ2v) is 5.72. The first-order valence-corrected chi connectivity index (χ1v) is 8.04. The molecule has 25 heavy (non-hydrogen) atoms. The Hall–Kier alpha value is -3.27. The quantitative estimate of drug-likeness (QED) is 0.691. The third kappa shape index (κ3) is 4.18. The van der Waals surface area contributed by atoms with Crippen LogP contribution in [0.2, 0.25) is 0 Å². The van der Waals surface area contributed by atoms with Gasteiger partial charge in [0.05, 0.1) is 12.7 Å². The molecule has 3 aromatic carbocycles. The van der Waals surface area contributed by atoms with Gasteiger partial charge >= 0.3 is 0 Å². The first kappa shape index (κ1) is 16.6. The van der Waals surface area contributed by atoms with Gasteiger partial charge in [-0.05, 0) is 55.5 Å². The number of hydrogen-bond acceptors (Lipinski definition) is 3. The molecule has 0 radical (unpaired) electrons. The topological polar surface area (TPSA) is 50.4 Å². The Morgan fingerprint density at radius 2 is 1.36 bits per heavy atom. The van der Waals surface area contributed by atoms with E-state index in [9.17, 15) is 4.79 Å². The van der Waals surface area contributed by atoms with Gasteiger partial charge < -0.3 is 15.4 Å². The van der Waals surface area contributed by atoms with Crippen molar-refractivity contribution in [1.82, 2.24) is 0 Å². The van der Waals surface area contributed by atoms with E-state index in [0.29, 0.717) is 11.3 Å². The van der Waals surface area contributed by atoms with Gasteiger partial charge in [0.2, 0.25) is 0 Å². The number of benzene rings is 3. The Balaban J connectivity index is 1.68. The highest BCUT2D eigenvalue weighted by molar-refractivity contribution is 6.06. The van der Waals surface area contributed by atoms with E-state index >= 15 is 0 Å². The van der Waals surface area contributed by atoms with Crippen LogP contribution in [-0.4, -0.2) is 13.0 Å². The normalized spacial score (nSPS) is 10.2. The van der Waals surface area contributed by atoms with Crippen LogP contribution < -0.4 is 15.4 Å². The average molecular weight is 332 g/mol. The van der Waals surface area contributed by atoms with Crippen LogP contribution >= 0.6 is 0 Å². The minimum Gasteiger partial charge on any atom is -0.496 e. The Kier molecular flexibility index (Phi) is 5.00. The number of methoxy groups -OCH3 is 1. The van der Waals surface area contributed by atoms with Crippen molar-refractivity contribution in [3.63, 3.8) is 0 Å². The SMILES string of the molecule is COc1ccccc1C(=O)Nc1ccc(Nc2ccc(C)cc2)cc1. The summed E-state index contributed by atoms with van der Waals surface area (Å²) in [6, 6.07) is 22.9. The Bertz CT molecular complexity index is 856. The van der Waals surface area contributed by atoms with Crippen molar-refractivity contribution in [2.75, 3.05) is 17.7 Å². The number of carbonyl (C=O) groups is 1. The van der Waals surface area contributed by atoms with Crippen LogP contribution in [0.4, 0.5) is 17.1 Å². The van der Waals surface area contributed by atoms with E-state index in [0.717, 1.165) is 17.1 Å². The van der Waals surface area contributed by atoms with Crippen molar-refractivity contribution in [2.24, 2.45) is 0 Å². The maximum Gasteiger partial charge on any atom is 0.259 e. The largest absolute Gasteiger partial charge is 0.496 e. The number of nitrogens with one attached hydrogen (secondary N) is 2. The second kappa shape index (κ2) is 7.53. The molecule has 0 saturated heterocycles. The smallest absolute Gasteiger partial charge is 0.259 e. The molecule has 0 spiro atoms. The summed E-state index contributed by atoms with van der Waals surface area (Å²) < 4.78 is 5.23. The third-order valence-electron chi connectivity index (χ3n) is 3.83. The van der Waals surface area contributed by atoms with Crippen LogP contribution in [-0.2, 0) is 0 Å². The van der Waals surface area contributed by atoms with Gasteiger partial charge in [-0.1, -0.05) is 29.8 Å². The third-order valence-corrected chi connectivity index (χ3v) is 3.83. The first-order valence-electron chi connectivity index (χ1n) is 8.04. The molecule has 126 valence electrons. The van der Waals surface area contributed by atoms with Gasteiger partial charge in [-0.15, -0.1) is 0 Å². The monoisotopic (exact) mass is 332 g/mol. The Morgan fingerprint density at radius 3 is 2.00 bits per heavy atom. The number of amides is 1. The molecule has 0 unspecified atom stereocenters. The van der Waals surface area contributed by atoms with Gasteiger partial charge in [-0.3, -0.25) is 4.79 Å². The van der Waals surface area contributed by atoms with E-state index < -0.39 is 0 Å². The number of anilines is 3. The van der Waals surface area contributed by atoms with E-state index in [-0.39, 0.29) is 5.91 Å². The molecule has 4 nitrogen and oxygen atoms in total. The van der Waals surface area contributed by atoms with E-state index in [1.54, 1.807) is 19.2 Å². The predicted molar refractivity (Wildman–Crippen MR) is 102 cm³/mol. The maximum absolute atomic E-state index is 12.4. The van der Waals surface area contributed by atoms with Crippen LogP contribution in [0.5, 0.6) is 5.75 Å². The number of ether oxygens (including phenoxy) is 1. The van der Waals surface area contributed by atoms with Crippen LogP contribution in [0.1, 0.15) is 15.9 Å². The molecule has 1 amide bonds. The fraction of sp³-hybridized carbons (Fsp3) is 0.0952. The molecule has 0 aliphatic heterocycles. The molecule has 0 bridgehead atoms. The zero-order valence-electron chi connectivity index (χ0n) is 14.2. The highest BCUT2D eigenvalue weighted by Gasteiger charge is 2.11. The molecule has 0 aliphatic rings. The molecule has 3 rings (SSSR count). The van der Waals surface area contributed by atoms with Crippen molar-refractivity contribution in [1.29, 1.82) is 0 Å². The number of aryl methyl sites for hydroxylation is 1. The minimum absolute atomic E-state index is 0.198. The zero-order valence-corrected chi connectivity index (χ0v) is 14.2. The van der Waals surface area contributed by atoms with E-state index in [4.69, 9.17) is 4.74 Å². The minimum atomic E-state index is -0.198. The number of para-hydroxylation sites is 1. The zero-order chi connectivity index (χ0) is 17.6. The molecule has 3 aromatic rings. The van der Waals surface area contributed by atoms with E-state index in [1.165, 1.54) is 5.56 Å². The second-order valence-electron chi connectivity index (χ2n) is 5.72. The Labute approximate surface area is 147 Å². The lowest BCUT2D eigenvalue weighted by Crippen LogP contribution is -2.13. The van der Waals surface area contributed by atoms with Crippen molar-refractivity contribution in [3.8, 4) is 5.75 Å². The number of hydrogen-bond donors (Lipinski definition) is 2. The van der Waals surface area contributed by atoms with Crippen LogP contribution in [0.15, 0.2) is 72.8 Å². The number of rotatable bonds is 5. The van der Waals surface area contributed by atoms with Crippen LogP contribution in [0.3, 0.4) is 0 Å². The van der Waals surface area contributed by atoms with Crippen molar-refractivity contribution in [2.45, 2.75) is 6.92 Å². The Morgan fingerprint density at radius 1 is 0.800 bits per heavy atom. The summed E-state index contributed by atoms with van der Waals surface area (Å²) in [5.41, 5.74) is 4.44. The fourth-order valence-corrected chi connectivity index (χ4v) is 2.47. The van der Waals surface area contributed by atoms with Crippen molar-refractivity contribution < 1.29 is 9.53 Å². The first-order chi connectivity index (χ1) is 12.2. The number of carbonyl (C=O) groups excluding carboxylic acids is 1. The molecule has 2 N–H and O–H groups in total. The highest BCUT2D eigenvalue weighted by Crippen LogP contribution is 2.22. The van der Waals surface area contributed by atoms with Gasteiger partial charge in [-0.2, -0.15) is 0 Å². The maximum atomic E-state index is 12.4. The lowest BCUT2D eigenvalue weighted by atomic mass is 10.1. The summed E-state index contributed by atoms with van der Waals surface area (Å²) in [6.07, 6.45) is 0. The molecule has 0 aromatic heterocycles. The van der Waals surface area contributed by atoms with E-state index in [2.05, 4.69) is 29.7 Å². The van der Waals surface area contributed by atoms with Gasteiger partial charge in [0, 0.05) is 17.1 Å². The predicted octanol–water partition coefficient (Wildman–Crippen LogP) is 5.00. The van der Waals surface area contributed by atoms with Gasteiger partial charge in [0.15, 0.2) is 0 Å². The molecule has 0 heterocycles. The van der Waals surface area contributed by atoms with Crippen molar-refractivity contribution in [3.05, 3.63) is 83.9 Å². The highest BCUT2D eigenvalue weighted by atomic mass is 16.5. The van der Waals surface area contributed by atoms with Gasteiger partial charge in [-0.25, -0.2) is 0 Å². The summed E-state index contributed by atoms with van der Waals surface area (Å²) >= 11 is 0. The molecule has 0 saturated carbocycles. The summed E-state index contributed by atoms with van der Waals surface area (Å²) in [5.74, 6) is 0.356. The molecular weight excluding hydrogens is 312 g/mol. The summed E-state index contributed by atoms with van der Waals surface area (Å²) in [7, 11) is 1.55. The molecule has 0 fully saturated rings. The van der Waals surface area contributed by atoms with Crippen molar-refractivity contribution >= 4 is 23.0 Å². The lowest BCUT2D eigenvalue weighted by molar-refractivity contribution is 0.102. The van der Waals surface area contributed by atoms with Crippen LogP contribution in [0, 0.1) is 6.92 Å². The molecule has 4 heteroatoms. The lowest BCUT2D eigenvalue weighted by Gasteiger charge is -2.10. The standard InChI is InChI=1S/C21H20N2O2/c1-15-7-9-16(10-8-15)22-17-11-13-18(14-12-17)23-21(24)19-5-3-4-6-20(19)25-2/h3-14,22H,1-2H3,(H,23,24). The van der Waals surface area contributed by atoms with E-state index in [1.807, 2.05) is 48.5 Å². The molecular formula is C21H20N2O2.